The van der Waals surface area contributed by atoms with Crippen LogP contribution in [0.5, 0.6) is 0 Å². The fourth-order valence-electron chi connectivity index (χ4n) is 2.48. The van der Waals surface area contributed by atoms with E-state index in [9.17, 15) is 9.59 Å². The maximum absolute atomic E-state index is 12.2. The molecule has 1 aliphatic carbocycles. The molecule has 2 fully saturated rings. The molecule has 0 radical (unpaired) electrons. The van der Waals surface area contributed by atoms with E-state index < -0.39 is 6.04 Å². The molecule has 0 aromatic heterocycles. The van der Waals surface area contributed by atoms with Gasteiger partial charge >= 0.3 is 0 Å². The van der Waals surface area contributed by atoms with Crippen LogP contribution in [-0.2, 0) is 9.59 Å². The van der Waals surface area contributed by atoms with Crippen LogP contribution in [0.2, 0.25) is 0 Å². The lowest BCUT2D eigenvalue weighted by Crippen LogP contribution is -2.51. The van der Waals surface area contributed by atoms with Crippen molar-refractivity contribution in [3.63, 3.8) is 0 Å². The zero-order valence-electron chi connectivity index (χ0n) is 11.0. The van der Waals surface area contributed by atoms with Crippen LogP contribution in [0.1, 0.15) is 45.4 Å². The second kappa shape index (κ2) is 5.69. The van der Waals surface area contributed by atoms with E-state index in [1.807, 2.05) is 6.92 Å². The van der Waals surface area contributed by atoms with Crippen molar-refractivity contribution in [3.8, 4) is 0 Å². The second-order valence-corrected chi connectivity index (χ2v) is 5.37. The molecule has 5 heteroatoms. The number of hydrogen-bond acceptors (Lipinski definition) is 3. The fourth-order valence-corrected chi connectivity index (χ4v) is 2.48. The predicted molar refractivity (Wildman–Crippen MR) is 68.8 cm³/mol. The first-order chi connectivity index (χ1) is 8.63. The SMILES string of the molecule is CCC[C@H](N)C(=O)N1CCCC1C(=O)NC1CC1. The largest absolute Gasteiger partial charge is 0.352 e. The molecule has 0 spiro atoms. The average molecular weight is 253 g/mol. The third kappa shape index (κ3) is 3.02. The Labute approximate surface area is 108 Å². The molecule has 3 N–H and O–H groups in total. The first-order valence-corrected chi connectivity index (χ1v) is 7.00. The average Bonchev–Trinajstić information content (AvgIpc) is 3.02. The van der Waals surface area contributed by atoms with Gasteiger partial charge in [-0.05, 0) is 32.1 Å². The molecule has 1 saturated carbocycles. The highest BCUT2D eigenvalue weighted by Gasteiger charge is 2.37. The predicted octanol–water partition coefficient (Wildman–Crippen LogP) is 0.383. The van der Waals surface area contributed by atoms with Crippen LogP contribution in [0, 0.1) is 0 Å². The smallest absolute Gasteiger partial charge is 0.243 e. The third-order valence-electron chi connectivity index (χ3n) is 3.68. The lowest BCUT2D eigenvalue weighted by molar-refractivity contribution is -0.139. The quantitative estimate of drug-likeness (QED) is 0.744. The minimum absolute atomic E-state index is 0.00653. The molecule has 0 bridgehead atoms. The fraction of sp³-hybridized carbons (Fsp3) is 0.846. The molecule has 1 unspecified atom stereocenters. The van der Waals surface area contributed by atoms with Crippen LogP contribution in [0.3, 0.4) is 0 Å². The van der Waals surface area contributed by atoms with Gasteiger partial charge in [-0.2, -0.15) is 0 Å². The molecule has 0 aromatic rings. The minimum atomic E-state index is -0.454. The lowest BCUT2D eigenvalue weighted by Gasteiger charge is -2.26. The topological polar surface area (TPSA) is 75.4 Å². The number of likely N-dealkylation sites (tertiary alicyclic amines) is 1. The van der Waals surface area contributed by atoms with E-state index in [4.69, 9.17) is 5.73 Å². The van der Waals surface area contributed by atoms with Gasteiger partial charge in [0, 0.05) is 12.6 Å². The van der Waals surface area contributed by atoms with Gasteiger partial charge in [0.2, 0.25) is 11.8 Å². The van der Waals surface area contributed by atoms with Crippen LogP contribution in [0.25, 0.3) is 0 Å². The molecule has 1 aliphatic heterocycles. The van der Waals surface area contributed by atoms with Crippen molar-refractivity contribution < 1.29 is 9.59 Å². The molecule has 102 valence electrons. The maximum Gasteiger partial charge on any atom is 0.243 e. The number of rotatable bonds is 5. The first-order valence-electron chi connectivity index (χ1n) is 7.00. The van der Waals surface area contributed by atoms with Gasteiger partial charge in [0.25, 0.3) is 0 Å². The summed E-state index contributed by atoms with van der Waals surface area (Å²) in [6.07, 6.45) is 5.38. The minimum Gasteiger partial charge on any atom is -0.352 e. The Morgan fingerprint density at radius 3 is 2.72 bits per heavy atom. The molecule has 2 rings (SSSR count). The molecular formula is C13H23N3O2. The van der Waals surface area contributed by atoms with Crippen LogP contribution in [0.15, 0.2) is 0 Å². The van der Waals surface area contributed by atoms with Crippen LogP contribution < -0.4 is 11.1 Å². The lowest BCUT2D eigenvalue weighted by atomic mass is 10.1. The molecule has 1 saturated heterocycles. The maximum atomic E-state index is 12.2. The molecule has 0 aromatic carbocycles. The molecule has 18 heavy (non-hydrogen) atoms. The number of amides is 2. The van der Waals surface area contributed by atoms with E-state index in [0.29, 0.717) is 19.0 Å². The third-order valence-corrected chi connectivity index (χ3v) is 3.68. The standard InChI is InChI=1S/C13H23N3O2/c1-2-4-10(14)13(18)16-8-3-5-11(16)12(17)15-9-6-7-9/h9-11H,2-8,14H2,1H3,(H,15,17)/t10-,11?/m0/s1. The van der Waals surface area contributed by atoms with Crippen LogP contribution in [-0.4, -0.2) is 41.4 Å². The molecule has 1 heterocycles. The Kier molecular flexibility index (Phi) is 4.22. The highest BCUT2D eigenvalue weighted by atomic mass is 16.2. The number of nitrogens with one attached hydrogen (secondary N) is 1. The molecule has 2 amide bonds. The van der Waals surface area contributed by atoms with Crippen LogP contribution in [0.4, 0.5) is 0 Å². The highest BCUT2D eigenvalue weighted by Crippen LogP contribution is 2.23. The number of nitrogens with two attached hydrogens (primary N) is 1. The summed E-state index contributed by atoms with van der Waals surface area (Å²) in [6, 6.07) is -0.398. The van der Waals surface area contributed by atoms with E-state index in [-0.39, 0.29) is 17.9 Å². The monoisotopic (exact) mass is 253 g/mol. The van der Waals surface area contributed by atoms with E-state index in [0.717, 1.165) is 32.1 Å². The summed E-state index contributed by atoms with van der Waals surface area (Å²) < 4.78 is 0. The Hall–Kier alpha value is -1.10. The number of carbonyl (C=O) groups excluding carboxylic acids is 2. The molecule has 2 aliphatic rings. The summed E-state index contributed by atoms with van der Waals surface area (Å²) in [5, 5.41) is 2.98. The zero-order valence-corrected chi connectivity index (χ0v) is 11.0. The van der Waals surface area contributed by atoms with Gasteiger partial charge in [-0.15, -0.1) is 0 Å². The second-order valence-electron chi connectivity index (χ2n) is 5.37. The van der Waals surface area contributed by atoms with Gasteiger partial charge in [-0.3, -0.25) is 9.59 Å². The van der Waals surface area contributed by atoms with Gasteiger partial charge in [0.05, 0.1) is 6.04 Å². The Balaban J connectivity index is 1.93. The van der Waals surface area contributed by atoms with Crippen molar-refractivity contribution in [1.82, 2.24) is 10.2 Å². The Bertz CT molecular complexity index is 328. The highest BCUT2D eigenvalue weighted by molar-refractivity contribution is 5.90. The van der Waals surface area contributed by atoms with E-state index in [2.05, 4.69) is 5.32 Å². The summed E-state index contributed by atoms with van der Waals surface area (Å²) in [5.74, 6) is -0.0580. The van der Waals surface area contributed by atoms with Crippen molar-refractivity contribution >= 4 is 11.8 Å². The summed E-state index contributed by atoms with van der Waals surface area (Å²) >= 11 is 0. The Morgan fingerprint density at radius 1 is 1.39 bits per heavy atom. The number of carbonyl (C=O) groups is 2. The van der Waals surface area contributed by atoms with Gasteiger partial charge in [-0.1, -0.05) is 13.3 Å². The summed E-state index contributed by atoms with van der Waals surface area (Å²) in [5.41, 5.74) is 5.86. The Morgan fingerprint density at radius 2 is 2.11 bits per heavy atom. The van der Waals surface area contributed by atoms with E-state index in [1.54, 1.807) is 4.90 Å². The van der Waals surface area contributed by atoms with E-state index >= 15 is 0 Å². The van der Waals surface area contributed by atoms with Gasteiger partial charge in [-0.25, -0.2) is 0 Å². The zero-order chi connectivity index (χ0) is 13.1. The van der Waals surface area contributed by atoms with Crippen LogP contribution >= 0.6 is 0 Å². The van der Waals surface area contributed by atoms with Crippen molar-refractivity contribution in [2.24, 2.45) is 5.73 Å². The van der Waals surface area contributed by atoms with Crippen molar-refractivity contribution in [3.05, 3.63) is 0 Å². The van der Waals surface area contributed by atoms with Gasteiger partial charge in [0.1, 0.15) is 6.04 Å². The molecular weight excluding hydrogens is 230 g/mol. The normalized spacial score (nSPS) is 25.0. The summed E-state index contributed by atoms with van der Waals surface area (Å²) in [6.45, 7) is 2.67. The van der Waals surface area contributed by atoms with Crippen molar-refractivity contribution in [1.29, 1.82) is 0 Å². The summed E-state index contributed by atoms with van der Waals surface area (Å²) in [4.78, 5) is 25.9. The van der Waals surface area contributed by atoms with Crippen molar-refractivity contribution in [2.75, 3.05) is 6.54 Å². The van der Waals surface area contributed by atoms with Gasteiger partial charge in [0.15, 0.2) is 0 Å². The van der Waals surface area contributed by atoms with Gasteiger partial charge < -0.3 is 16.0 Å². The molecule has 2 atom stereocenters. The van der Waals surface area contributed by atoms with Crippen molar-refractivity contribution in [2.45, 2.75) is 63.6 Å². The number of nitrogens with zero attached hydrogens (tertiary/aromatic N) is 1. The molecule has 5 nitrogen and oxygen atoms in total. The summed E-state index contributed by atoms with van der Waals surface area (Å²) in [7, 11) is 0. The first kappa shape index (κ1) is 13.3. The number of hydrogen-bond donors (Lipinski definition) is 2. The van der Waals surface area contributed by atoms with E-state index in [1.165, 1.54) is 0 Å².